The molecule has 96 valence electrons. The van der Waals surface area contributed by atoms with Crippen LogP contribution in [0.1, 0.15) is 45.4 Å². The highest BCUT2D eigenvalue weighted by Gasteiger charge is 2.33. The van der Waals surface area contributed by atoms with Crippen molar-refractivity contribution in [2.24, 2.45) is 5.41 Å². The third-order valence-corrected chi connectivity index (χ3v) is 3.26. The van der Waals surface area contributed by atoms with Gasteiger partial charge in [-0.15, -0.1) is 0 Å². The zero-order valence-electron chi connectivity index (χ0n) is 11.1. The second-order valence-electron chi connectivity index (χ2n) is 4.75. The van der Waals surface area contributed by atoms with Crippen molar-refractivity contribution in [2.75, 3.05) is 13.7 Å². The predicted molar refractivity (Wildman–Crippen MR) is 71.0 cm³/mol. The lowest BCUT2D eigenvalue weighted by Crippen LogP contribution is -2.32. The van der Waals surface area contributed by atoms with E-state index < -0.39 is 5.41 Å². The van der Waals surface area contributed by atoms with Crippen molar-refractivity contribution in [3.63, 3.8) is 0 Å². The highest BCUT2D eigenvalue weighted by atomic mass is 16.5. The van der Waals surface area contributed by atoms with Crippen molar-refractivity contribution < 1.29 is 9.53 Å². The Morgan fingerprint density at radius 3 is 2.53 bits per heavy atom. The number of hydrogen-bond acceptors (Lipinski definition) is 2. The first-order valence-electron chi connectivity index (χ1n) is 6.63. The van der Waals surface area contributed by atoms with Crippen LogP contribution < -0.4 is 0 Å². The van der Waals surface area contributed by atoms with E-state index in [4.69, 9.17) is 4.74 Å². The van der Waals surface area contributed by atoms with E-state index in [-0.39, 0.29) is 0 Å². The van der Waals surface area contributed by atoms with Crippen molar-refractivity contribution in [1.29, 1.82) is 0 Å². The van der Waals surface area contributed by atoms with E-state index in [1.807, 2.05) is 12.2 Å². The molecule has 0 saturated heterocycles. The largest absolute Gasteiger partial charge is 0.383 e. The van der Waals surface area contributed by atoms with Gasteiger partial charge in [-0.05, 0) is 12.8 Å². The van der Waals surface area contributed by atoms with Crippen molar-refractivity contribution in [3.8, 4) is 0 Å². The molecule has 1 aliphatic rings. The minimum Gasteiger partial charge on any atom is -0.383 e. The molecule has 0 N–H and O–H groups in total. The lowest BCUT2D eigenvalue weighted by Gasteiger charge is -2.27. The Morgan fingerprint density at radius 1 is 1.24 bits per heavy atom. The molecule has 0 radical (unpaired) electrons. The summed E-state index contributed by atoms with van der Waals surface area (Å²) in [5.41, 5.74) is -0.487. The number of methoxy groups -OCH3 is 1. The minimum atomic E-state index is -0.487. The van der Waals surface area contributed by atoms with Crippen LogP contribution in [-0.2, 0) is 9.53 Å². The number of carbonyl (C=O) groups is 1. The second kappa shape index (κ2) is 7.44. The van der Waals surface area contributed by atoms with Gasteiger partial charge >= 0.3 is 0 Å². The highest BCUT2D eigenvalue weighted by molar-refractivity contribution is 5.89. The predicted octanol–water partition coefficient (Wildman–Crippen LogP) is 3.67. The number of ether oxygens (including phenoxy) is 1. The smallest absolute Gasteiger partial charge is 0.148 e. The van der Waals surface area contributed by atoms with E-state index in [0.717, 1.165) is 19.3 Å². The molecule has 0 aromatic heterocycles. The second-order valence-corrected chi connectivity index (χ2v) is 4.75. The average molecular weight is 236 g/mol. The van der Waals surface area contributed by atoms with Crippen LogP contribution in [0.15, 0.2) is 24.3 Å². The van der Waals surface area contributed by atoms with Gasteiger partial charge in [0.05, 0.1) is 12.0 Å². The molecule has 0 amide bonds. The van der Waals surface area contributed by atoms with Gasteiger partial charge in [-0.1, -0.05) is 50.5 Å². The molecular weight excluding hydrogens is 212 g/mol. The number of carbonyl (C=O) groups excluding carboxylic acids is 1. The summed E-state index contributed by atoms with van der Waals surface area (Å²) in [7, 11) is 1.66. The SMILES string of the molecule is CCCCCCC(=O)C1(COC)C=CCC=C1. The van der Waals surface area contributed by atoms with Gasteiger partial charge in [-0.3, -0.25) is 4.79 Å². The molecule has 0 fully saturated rings. The maximum absolute atomic E-state index is 12.3. The molecule has 2 heteroatoms. The average Bonchev–Trinajstić information content (AvgIpc) is 2.36. The third kappa shape index (κ3) is 4.12. The molecule has 0 saturated carbocycles. The summed E-state index contributed by atoms with van der Waals surface area (Å²) in [6.07, 6.45) is 14.3. The number of hydrogen-bond donors (Lipinski definition) is 0. The van der Waals surface area contributed by atoms with E-state index in [0.29, 0.717) is 18.8 Å². The topological polar surface area (TPSA) is 26.3 Å². The molecule has 0 aliphatic heterocycles. The number of Topliss-reactive ketones (excluding diaryl/α,β-unsaturated/α-hetero) is 1. The Kier molecular flexibility index (Phi) is 6.20. The summed E-state index contributed by atoms with van der Waals surface area (Å²) in [5.74, 6) is 0.294. The van der Waals surface area contributed by atoms with Crippen molar-refractivity contribution in [3.05, 3.63) is 24.3 Å². The number of unbranched alkanes of at least 4 members (excludes halogenated alkanes) is 3. The monoisotopic (exact) mass is 236 g/mol. The van der Waals surface area contributed by atoms with Gasteiger partial charge in [0, 0.05) is 13.5 Å². The summed E-state index contributed by atoms with van der Waals surface area (Å²) in [5, 5.41) is 0. The Bertz CT molecular complexity index is 277. The van der Waals surface area contributed by atoms with Crippen LogP contribution in [0, 0.1) is 5.41 Å². The maximum Gasteiger partial charge on any atom is 0.148 e. The van der Waals surface area contributed by atoms with Gasteiger partial charge in [0.25, 0.3) is 0 Å². The molecule has 0 aromatic rings. The van der Waals surface area contributed by atoms with Crippen molar-refractivity contribution in [2.45, 2.75) is 45.4 Å². The van der Waals surface area contributed by atoms with E-state index in [9.17, 15) is 4.79 Å². The Hall–Kier alpha value is -0.890. The first-order chi connectivity index (χ1) is 8.25. The number of rotatable bonds is 8. The van der Waals surface area contributed by atoms with Gasteiger partial charge < -0.3 is 4.74 Å². The first-order valence-corrected chi connectivity index (χ1v) is 6.63. The van der Waals surface area contributed by atoms with E-state index in [1.165, 1.54) is 12.8 Å². The van der Waals surface area contributed by atoms with Crippen LogP contribution in [0.3, 0.4) is 0 Å². The molecule has 17 heavy (non-hydrogen) atoms. The van der Waals surface area contributed by atoms with Crippen LogP contribution in [-0.4, -0.2) is 19.5 Å². The summed E-state index contributed by atoms with van der Waals surface area (Å²) >= 11 is 0. The lowest BCUT2D eigenvalue weighted by molar-refractivity contribution is -0.126. The minimum absolute atomic E-state index is 0.294. The molecule has 0 bridgehead atoms. The molecule has 0 spiro atoms. The first kappa shape index (κ1) is 14.2. The van der Waals surface area contributed by atoms with E-state index >= 15 is 0 Å². The van der Waals surface area contributed by atoms with Gasteiger partial charge in [-0.25, -0.2) is 0 Å². The van der Waals surface area contributed by atoms with Crippen molar-refractivity contribution >= 4 is 5.78 Å². The summed E-state index contributed by atoms with van der Waals surface area (Å²) in [6.45, 7) is 2.65. The van der Waals surface area contributed by atoms with Gasteiger partial charge in [-0.2, -0.15) is 0 Å². The van der Waals surface area contributed by atoms with E-state index in [2.05, 4.69) is 19.1 Å². The summed E-state index contributed by atoms with van der Waals surface area (Å²) < 4.78 is 5.21. The third-order valence-electron chi connectivity index (χ3n) is 3.26. The zero-order valence-corrected chi connectivity index (χ0v) is 11.1. The van der Waals surface area contributed by atoms with Gasteiger partial charge in [0.2, 0.25) is 0 Å². The molecule has 0 heterocycles. The van der Waals surface area contributed by atoms with Crippen LogP contribution in [0.25, 0.3) is 0 Å². The van der Waals surface area contributed by atoms with Crippen LogP contribution in [0.5, 0.6) is 0 Å². The van der Waals surface area contributed by atoms with Gasteiger partial charge in [0.1, 0.15) is 5.78 Å². The lowest BCUT2D eigenvalue weighted by atomic mass is 9.79. The Balaban J connectivity index is 2.52. The molecule has 1 rings (SSSR count). The number of ketones is 1. The molecule has 2 nitrogen and oxygen atoms in total. The maximum atomic E-state index is 12.3. The standard InChI is InChI=1S/C15H24O2/c1-3-4-5-7-10-14(16)15(13-17-2)11-8-6-9-12-15/h8-9,11-12H,3-7,10,13H2,1-2H3. The fourth-order valence-electron chi connectivity index (χ4n) is 2.24. The molecular formula is C15H24O2. The van der Waals surface area contributed by atoms with Gasteiger partial charge in [0.15, 0.2) is 0 Å². The quantitative estimate of drug-likeness (QED) is 0.475. The van der Waals surface area contributed by atoms with Crippen LogP contribution in [0.4, 0.5) is 0 Å². The molecule has 0 aromatic carbocycles. The zero-order chi connectivity index (χ0) is 12.6. The number of allylic oxidation sites excluding steroid dienone is 2. The normalized spacial score (nSPS) is 17.3. The van der Waals surface area contributed by atoms with Crippen LogP contribution in [0.2, 0.25) is 0 Å². The summed E-state index contributed by atoms with van der Waals surface area (Å²) in [6, 6.07) is 0. The molecule has 0 unspecified atom stereocenters. The fourth-order valence-corrected chi connectivity index (χ4v) is 2.24. The Labute approximate surface area is 105 Å². The fraction of sp³-hybridized carbons (Fsp3) is 0.667. The van der Waals surface area contributed by atoms with Crippen molar-refractivity contribution in [1.82, 2.24) is 0 Å². The molecule has 0 atom stereocenters. The summed E-state index contributed by atoms with van der Waals surface area (Å²) in [4.78, 5) is 12.3. The molecule has 1 aliphatic carbocycles. The highest BCUT2D eigenvalue weighted by Crippen LogP contribution is 2.29. The van der Waals surface area contributed by atoms with Crippen LogP contribution >= 0.6 is 0 Å². The Morgan fingerprint density at radius 2 is 1.94 bits per heavy atom. The van der Waals surface area contributed by atoms with E-state index in [1.54, 1.807) is 7.11 Å².